The summed E-state index contributed by atoms with van der Waals surface area (Å²) in [6.07, 6.45) is 0.949. The lowest BCUT2D eigenvalue weighted by Crippen LogP contribution is -2.57. The van der Waals surface area contributed by atoms with Crippen molar-refractivity contribution < 1.29 is 5.11 Å². The normalized spacial score (nSPS) is 24.2. The fraction of sp³-hybridized carbons (Fsp3) is 0.375. The quantitative estimate of drug-likeness (QED) is 0.783. The number of phenols is 1. The van der Waals surface area contributed by atoms with Gasteiger partial charge in [0.25, 0.3) is 0 Å². The molecule has 3 heterocycles. The fourth-order valence-electron chi connectivity index (χ4n) is 3.19. The molecule has 1 fully saturated rings. The molecule has 0 amide bonds. The number of nitrogens with one attached hydrogen (secondary N) is 2. The largest absolute Gasteiger partial charge is 0.507 e. The average Bonchev–Trinajstić information content (AvgIpc) is 2.72. The molecule has 5 nitrogen and oxygen atoms in total. The summed E-state index contributed by atoms with van der Waals surface area (Å²) in [5, 5.41) is 25.4. The second kappa shape index (κ2) is 4.43. The molecule has 1 aromatic carbocycles. The van der Waals surface area contributed by atoms with Crippen LogP contribution in [-0.4, -0.2) is 33.9 Å². The van der Waals surface area contributed by atoms with E-state index < -0.39 is 0 Å². The van der Waals surface area contributed by atoms with E-state index >= 15 is 0 Å². The van der Waals surface area contributed by atoms with Crippen LogP contribution < -0.4 is 10.6 Å². The zero-order valence-corrected chi connectivity index (χ0v) is 11.9. The van der Waals surface area contributed by atoms with Crippen molar-refractivity contribution in [2.24, 2.45) is 5.92 Å². The summed E-state index contributed by atoms with van der Waals surface area (Å²) in [7, 11) is 0. The van der Waals surface area contributed by atoms with Gasteiger partial charge in [-0.1, -0.05) is 12.1 Å². The van der Waals surface area contributed by atoms with Gasteiger partial charge in [0.1, 0.15) is 5.75 Å². The first-order chi connectivity index (χ1) is 10.2. The van der Waals surface area contributed by atoms with Crippen LogP contribution in [0.2, 0.25) is 0 Å². The first-order valence-corrected chi connectivity index (χ1v) is 7.29. The highest BCUT2D eigenvalue weighted by Gasteiger charge is 2.43. The number of phenolic OH excluding ortho intramolecular Hbond substituents is 1. The Bertz CT molecular complexity index is 698. The molecule has 0 saturated carbocycles. The molecule has 1 atom stereocenters. The summed E-state index contributed by atoms with van der Waals surface area (Å²) in [5.41, 5.74) is 2.69. The number of aromatic nitrogens is 2. The molecule has 1 aromatic heterocycles. The topological polar surface area (TPSA) is 70.1 Å². The predicted molar refractivity (Wildman–Crippen MR) is 81.2 cm³/mol. The Morgan fingerprint density at radius 2 is 2.05 bits per heavy atom. The lowest BCUT2D eigenvalue weighted by atomic mass is 9.79. The summed E-state index contributed by atoms with van der Waals surface area (Å²) < 4.78 is 0. The van der Waals surface area contributed by atoms with Gasteiger partial charge in [-0.05, 0) is 31.5 Å². The number of aromatic hydroxyl groups is 1. The molecular weight excluding hydrogens is 264 g/mol. The maximum atomic E-state index is 9.96. The van der Waals surface area contributed by atoms with Gasteiger partial charge in [-0.15, -0.1) is 10.2 Å². The maximum absolute atomic E-state index is 9.96. The van der Waals surface area contributed by atoms with Crippen LogP contribution in [0.15, 0.2) is 30.3 Å². The van der Waals surface area contributed by atoms with Gasteiger partial charge in [-0.25, -0.2) is 0 Å². The van der Waals surface area contributed by atoms with Crippen LogP contribution in [0, 0.1) is 5.92 Å². The Balaban J connectivity index is 1.68. The van der Waals surface area contributed by atoms with E-state index in [1.165, 1.54) is 5.56 Å². The number of fused-ring (bicyclic) bond motifs is 1. The zero-order chi connectivity index (χ0) is 14.4. The van der Waals surface area contributed by atoms with Crippen LogP contribution in [0.25, 0.3) is 11.3 Å². The number of para-hydroxylation sites is 1. The monoisotopic (exact) mass is 282 g/mol. The zero-order valence-electron chi connectivity index (χ0n) is 11.9. The van der Waals surface area contributed by atoms with Crippen molar-refractivity contribution in [1.29, 1.82) is 0 Å². The first kappa shape index (κ1) is 12.6. The van der Waals surface area contributed by atoms with E-state index in [9.17, 15) is 5.11 Å². The molecule has 0 aliphatic carbocycles. The highest BCUT2D eigenvalue weighted by Crippen LogP contribution is 2.38. The molecule has 0 bridgehead atoms. The number of hydrogen-bond donors (Lipinski definition) is 3. The Hall–Kier alpha value is -2.14. The predicted octanol–water partition coefficient (Wildman–Crippen LogP) is 1.80. The average molecular weight is 282 g/mol. The number of rotatable bonds is 2. The molecular formula is C16H18N4O. The minimum atomic E-state index is 0.0552. The molecule has 1 saturated heterocycles. The van der Waals surface area contributed by atoms with Crippen molar-refractivity contribution in [3.8, 4) is 17.0 Å². The van der Waals surface area contributed by atoms with Gasteiger partial charge in [0.2, 0.25) is 0 Å². The van der Waals surface area contributed by atoms with Crippen molar-refractivity contribution >= 4 is 5.82 Å². The Labute approximate surface area is 123 Å². The van der Waals surface area contributed by atoms with E-state index in [-0.39, 0.29) is 11.3 Å². The van der Waals surface area contributed by atoms with E-state index in [0.29, 0.717) is 5.92 Å². The third kappa shape index (κ3) is 1.96. The van der Waals surface area contributed by atoms with Crippen LogP contribution in [0.4, 0.5) is 5.82 Å². The van der Waals surface area contributed by atoms with Crippen molar-refractivity contribution in [1.82, 2.24) is 15.5 Å². The van der Waals surface area contributed by atoms with Crippen LogP contribution in [0.1, 0.15) is 12.5 Å². The summed E-state index contributed by atoms with van der Waals surface area (Å²) in [6, 6.07) is 9.28. The second-order valence-electron chi connectivity index (χ2n) is 6.19. The molecule has 0 radical (unpaired) electrons. The van der Waals surface area contributed by atoms with Crippen molar-refractivity contribution in [2.45, 2.75) is 18.9 Å². The van der Waals surface area contributed by atoms with Gasteiger partial charge in [-0.2, -0.15) is 0 Å². The fourth-order valence-corrected chi connectivity index (χ4v) is 3.19. The van der Waals surface area contributed by atoms with Crippen molar-refractivity contribution in [3.63, 3.8) is 0 Å². The summed E-state index contributed by atoms with van der Waals surface area (Å²) in [4.78, 5) is 0. The maximum Gasteiger partial charge on any atom is 0.152 e. The molecule has 1 unspecified atom stereocenters. The van der Waals surface area contributed by atoms with Crippen LogP contribution in [0.5, 0.6) is 5.75 Å². The second-order valence-corrected chi connectivity index (χ2v) is 6.19. The third-order valence-electron chi connectivity index (χ3n) is 4.70. The molecule has 5 heteroatoms. The smallest absolute Gasteiger partial charge is 0.152 e. The van der Waals surface area contributed by atoms with E-state index in [4.69, 9.17) is 0 Å². The van der Waals surface area contributed by atoms with Gasteiger partial charge in [0.15, 0.2) is 5.82 Å². The number of nitrogens with zero attached hydrogens (tertiary/aromatic N) is 2. The first-order valence-electron chi connectivity index (χ1n) is 7.29. The van der Waals surface area contributed by atoms with Crippen molar-refractivity contribution in [3.05, 3.63) is 35.9 Å². The molecule has 21 heavy (non-hydrogen) atoms. The molecule has 4 rings (SSSR count). The standard InChI is InChI=1S/C16H18N4O/c1-16(11-8-17-9-11)7-10-6-13(19-20-15(10)18-16)12-4-2-3-5-14(12)21/h2-6,11,17,21H,7-9H2,1H3,(H,18,20). The number of hydrogen-bond acceptors (Lipinski definition) is 5. The molecule has 108 valence electrons. The van der Waals surface area contributed by atoms with Gasteiger partial charge in [-0.3, -0.25) is 0 Å². The Morgan fingerprint density at radius 1 is 1.24 bits per heavy atom. The van der Waals surface area contributed by atoms with Crippen LogP contribution >= 0.6 is 0 Å². The molecule has 2 aliphatic rings. The minimum absolute atomic E-state index is 0.0552. The molecule has 3 N–H and O–H groups in total. The summed E-state index contributed by atoms with van der Waals surface area (Å²) in [6.45, 7) is 4.36. The van der Waals surface area contributed by atoms with Crippen molar-refractivity contribution in [2.75, 3.05) is 18.4 Å². The highest BCUT2D eigenvalue weighted by molar-refractivity contribution is 5.69. The van der Waals surface area contributed by atoms with Gasteiger partial charge in [0.05, 0.1) is 5.69 Å². The summed E-state index contributed by atoms with van der Waals surface area (Å²) in [5.74, 6) is 1.74. The Kier molecular flexibility index (Phi) is 2.65. The van der Waals surface area contributed by atoms with E-state index in [1.807, 2.05) is 24.3 Å². The lowest BCUT2D eigenvalue weighted by molar-refractivity contribution is 0.233. The Morgan fingerprint density at radius 3 is 2.76 bits per heavy atom. The van der Waals surface area contributed by atoms with Gasteiger partial charge < -0.3 is 15.7 Å². The molecule has 2 aliphatic heterocycles. The minimum Gasteiger partial charge on any atom is -0.507 e. The SMILES string of the molecule is CC1(C2CNC2)Cc2cc(-c3ccccc3O)nnc2N1. The number of anilines is 1. The van der Waals surface area contributed by atoms with E-state index in [1.54, 1.807) is 6.07 Å². The van der Waals surface area contributed by atoms with E-state index in [0.717, 1.165) is 36.6 Å². The lowest BCUT2D eigenvalue weighted by Gasteiger charge is -2.41. The van der Waals surface area contributed by atoms with Gasteiger partial charge in [0, 0.05) is 35.7 Å². The molecule has 0 spiro atoms. The number of benzene rings is 1. The van der Waals surface area contributed by atoms with Gasteiger partial charge >= 0.3 is 0 Å². The van der Waals surface area contributed by atoms with Crippen LogP contribution in [-0.2, 0) is 6.42 Å². The summed E-state index contributed by atoms with van der Waals surface area (Å²) >= 11 is 0. The van der Waals surface area contributed by atoms with Crippen LogP contribution in [0.3, 0.4) is 0 Å². The van der Waals surface area contributed by atoms with E-state index in [2.05, 4.69) is 27.8 Å². The highest BCUT2D eigenvalue weighted by atomic mass is 16.3. The molecule has 2 aromatic rings. The third-order valence-corrected chi connectivity index (χ3v) is 4.70.